The van der Waals surface area contributed by atoms with Gasteiger partial charge in [0.25, 0.3) is 0 Å². The van der Waals surface area contributed by atoms with Crippen LogP contribution in [0.1, 0.15) is 23.4 Å². The van der Waals surface area contributed by atoms with Crippen molar-refractivity contribution in [1.29, 1.82) is 0 Å². The monoisotopic (exact) mass is 479 g/mol. The largest absolute Gasteiger partial charge is 0.497 e. The molecule has 180 valence electrons. The Balaban J connectivity index is 1.39. The number of carbonyl (C=O) groups is 1. The predicted octanol–water partition coefficient (Wildman–Crippen LogP) is 4.38. The topological polar surface area (TPSA) is 54.0 Å². The molecule has 1 aliphatic rings. The molecule has 7 heteroatoms. The molecular weight excluding hydrogens is 446 g/mol. The summed E-state index contributed by atoms with van der Waals surface area (Å²) in [6, 6.07) is 20.3. The molecule has 1 saturated heterocycles. The van der Waals surface area contributed by atoms with Crippen molar-refractivity contribution in [1.82, 2.24) is 10.2 Å². The van der Waals surface area contributed by atoms with Crippen LogP contribution < -0.4 is 19.7 Å². The number of thiophene rings is 1. The molecule has 2 atom stereocenters. The summed E-state index contributed by atoms with van der Waals surface area (Å²) in [5, 5.41) is 5.38. The summed E-state index contributed by atoms with van der Waals surface area (Å²) >= 11 is 1.76. The van der Waals surface area contributed by atoms with Gasteiger partial charge in [-0.1, -0.05) is 18.2 Å². The number of ether oxygens (including phenoxy) is 2. The van der Waals surface area contributed by atoms with Crippen LogP contribution in [0, 0.1) is 0 Å². The lowest BCUT2D eigenvalue weighted by Crippen LogP contribution is -2.52. The van der Waals surface area contributed by atoms with Crippen LogP contribution in [0.2, 0.25) is 0 Å². The summed E-state index contributed by atoms with van der Waals surface area (Å²) in [7, 11) is 3.33. The van der Waals surface area contributed by atoms with E-state index in [1.807, 2.05) is 36.4 Å². The first kappa shape index (κ1) is 24.1. The van der Waals surface area contributed by atoms with Crippen LogP contribution in [0.15, 0.2) is 66.0 Å². The first-order chi connectivity index (χ1) is 16.6. The quantitative estimate of drug-likeness (QED) is 0.494. The van der Waals surface area contributed by atoms with E-state index in [4.69, 9.17) is 9.47 Å². The van der Waals surface area contributed by atoms with Gasteiger partial charge in [-0.15, -0.1) is 11.3 Å². The van der Waals surface area contributed by atoms with Crippen molar-refractivity contribution in [3.63, 3.8) is 0 Å². The minimum Gasteiger partial charge on any atom is -0.497 e. The molecule has 1 aliphatic heterocycles. The second-order valence-corrected chi connectivity index (χ2v) is 9.54. The van der Waals surface area contributed by atoms with Crippen molar-refractivity contribution in [2.75, 3.05) is 45.3 Å². The van der Waals surface area contributed by atoms with Crippen LogP contribution in [0.3, 0.4) is 0 Å². The third kappa shape index (κ3) is 5.90. The van der Waals surface area contributed by atoms with Gasteiger partial charge in [0, 0.05) is 42.8 Å². The molecule has 2 aromatic carbocycles. The number of anilines is 1. The van der Waals surface area contributed by atoms with Crippen molar-refractivity contribution in [3.8, 4) is 11.5 Å². The first-order valence-corrected chi connectivity index (χ1v) is 12.5. The lowest BCUT2D eigenvalue weighted by Gasteiger charge is -2.42. The highest BCUT2D eigenvalue weighted by atomic mass is 32.1. The van der Waals surface area contributed by atoms with Crippen LogP contribution in [0.25, 0.3) is 0 Å². The fraction of sp³-hybridized carbons (Fsp3) is 0.370. The highest BCUT2D eigenvalue weighted by Crippen LogP contribution is 2.30. The molecule has 1 amide bonds. The average Bonchev–Trinajstić information content (AvgIpc) is 3.39. The Hall–Kier alpha value is -3.03. The Morgan fingerprint density at radius 1 is 0.941 bits per heavy atom. The first-order valence-electron chi connectivity index (χ1n) is 11.7. The van der Waals surface area contributed by atoms with E-state index in [-0.39, 0.29) is 18.0 Å². The Morgan fingerprint density at radius 2 is 1.56 bits per heavy atom. The minimum absolute atomic E-state index is 0.00284. The summed E-state index contributed by atoms with van der Waals surface area (Å²) in [5.74, 6) is 1.71. The van der Waals surface area contributed by atoms with Gasteiger partial charge in [-0.25, -0.2) is 0 Å². The molecule has 2 heterocycles. The smallest absolute Gasteiger partial charge is 0.224 e. The van der Waals surface area contributed by atoms with E-state index in [9.17, 15) is 4.79 Å². The van der Waals surface area contributed by atoms with E-state index in [1.54, 1.807) is 25.6 Å². The third-order valence-electron chi connectivity index (χ3n) is 6.37. The molecule has 3 aromatic rings. The van der Waals surface area contributed by atoms with Gasteiger partial charge in [-0.2, -0.15) is 0 Å². The van der Waals surface area contributed by atoms with Crippen LogP contribution >= 0.6 is 11.3 Å². The standard InChI is InChI=1S/C27H33N3O3S/c1-20(28-26(31)19-21-6-10-23(32-2)11-7-21)27(25-5-4-18-34-25)30-16-14-29(15-17-30)22-8-12-24(33-3)13-9-22/h4-13,18,20,27H,14-17,19H2,1-3H3,(H,28,31). The highest BCUT2D eigenvalue weighted by molar-refractivity contribution is 7.10. The summed E-state index contributed by atoms with van der Waals surface area (Å²) in [4.78, 5) is 19.0. The van der Waals surface area contributed by atoms with Gasteiger partial charge >= 0.3 is 0 Å². The number of amides is 1. The van der Waals surface area contributed by atoms with Gasteiger partial charge in [0.1, 0.15) is 11.5 Å². The van der Waals surface area contributed by atoms with Gasteiger partial charge in [0.15, 0.2) is 0 Å². The van der Waals surface area contributed by atoms with Gasteiger partial charge in [-0.05, 0) is 60.3 Å². The molecule has 6 nitrogen and oxygen atoms in total. The molecule has 34 heavy (non-hydrogen) atoms. The Kier molecular flexibility index (Phi) is 8.08. The molecule has 0 bridgehead atoms. The van der Waals surface area contributed by atoms with E-state index < -0.39 is 0 Å². The number of carbonyl (C=O) groups excluding carboxylic acids is 1. The van der Waals surface area contributed by atoms with E-state index >= 15 is 0 Å². The maximum Gasteiger partial charge on any atom is 0.224 e. The number of hydrogen-bond acceptors (Lipinski definition) is 6. The SMILES string of the molecule is COc1ccc(CC(=O)NC(C)C(c2cccs2)N2CCN(c3ccc(OC)cc3)CC2)cc1. The molecule has 0 spiro atoms. The normalized spacial score (nSPS) is 16.0. The Morgan fingerprint density at radius 3 is 2.12 bits per heavy atom. The molecule has 4 rings (SSSR count). The molecule has 0 saturated carbocycles. The second kappa shape index (κ2) is 11.4. The van der Waals surface area contributed by atoms with E-state index in [0.29, 0.717) is 6.42 Å². The van der Waals surface area contributed by atoms with Gasteiger partial charge in [-0.3, -0.25) is 9.69 Å². The zero-order chi connectivity index (χ0) is 23.9. The lowest BCUT2D eigenvalue weighted by molar-refractivity contribution is -0.121. The van der Waals surface area contributed by atoms with Crippen LogP contribution in [-0.4, -0.2) is 57.2 Å². The average molecular weight is 480 g/mol. The number of benzene rings is 2. The maximum absolute atomic E-state index is 12.8. The minimum atomic E-state index is -0.00284. The maximum atomic E-state index is 12.8. The molecule has 0 aliphatic carbocycles. The Labute approximate surface area is 206 Å². The van der Waals surface area contributed by atoms with Crippen LogP contribution in [0.5, 0.6) is 11.5 Å². The lowest BCUT2D eigenvalue weighted by atomic mass is 10.0. The number of nitrogens with zero attached hydrogens (tertiary/aromatic N) is 2. The highest BCUT2D eigenvalue weighted by Gasteiger charge is 2.31. The number of methoxy groups -OCH3 is 2. The molecule has 1 N–H and O–H groups in total. The third-order valence-corrected chi connectivity index (χ3v) is 7.31. The summed E-state index contributed by atoms with van der Waals surface area (Å²) in [5.41, 5.74) is 2.19. The summed E-state index contributed by atoms with van der Waals surface area (Å²) in [6.07, 6.45) is 0.358. The number of piperazine rings is 1. The zero-order valence-electron chi connectivity index (χ0n) is 20.1. The van der Waals surface area contributed by atoms with E-state index in [2.05, 4.69) is 51.7 Å². The van der Waals surface area contributed by atoms with Crippen molar-refractivity contribution in [2.45, 2.75) is 25.4 Å². The second-order valence-electron chi connectivity index (χ2n) is 8.56. The number of hydrogen-bond donors (Lipinski definition) is 1. The zero-order valence-corrected chi connectivity index (χ0v) is 20.9. The summed E-state index contributed by atoms with van der Waals surface area (Å²) in [6.45, 7) is 5.88. The fourth-order valence-electron chi connectivity index (χ4n) is 4.57. The Bertz CT molecular complexity index is 1030. The molecule has 1 aromatic heterocycles. The van der Waals surface area contributed by atoms with Crippen molar-refractivity contribution in [3.05, 3.63) is 76.5 Å². The predicted molar refractivity (Wildman–Crippen MR) is 138 cm³/mol. The molecular formula is C27H33N3O3S. The van der Waals surface area contributed by atoms with E-state index in [1.165, 1.54) is 10.6 Å². The van der Waals surface area contributed by atoms with Gasteiger partial charge in [0.05, 0.1) is 26.7 Å². The molecule has 1 fully saturated rings. The van der Waals surface area contributed by atoms with Crippen LogP contribution in [0.4, 0.5) is 5.69 Å². The van der Waals surface area contributed by atoms with Crippen molar-refractivity contribution in [2.24, 2.45) is 0 Å². The number of rotatable bonds is 9. The fourth-order valence-corrected chi connectivity index (χ4v) is 5.53. The number of nitrogens with one attached hydrogen (secondary N) is 1. The van der Waals surface area contributed by atoms with Crippen molar-refractivity contribution >= 4 is 22.9 Å². The van der Waals surface area contributed by atoms with Gasteiger partial charge in [0.2, 0.25) is 5.91 Å². The van der Waals surface area contributed by atoms with Crippen molar-refractivity contribution < 1.29 is 14.3 Å². The summed E-state index contributed by atoms with van der Waals surface area (Å²) < 4.78 is 10.5. The molecule has 0 radical (unpaired) electrons. The van der Waals surface area contributed by atoms with Crippen LogP contribution in [-0.2, 0) is 11.2 Å². The molecule has 2 unspecified atom stereocenters. The van der Waals surface area contributed by atoms with Gasteiger partial charge < -0.3 is 19.7 Å². The van der Waals surface area contributed by atoms with E-state index in [0.717, 1.165) is 43.2 Å².